The lowest BCUT2D eigenvalue weighted by Crippen LogP contribution is -1.83. The number of thiazole rings is 1. The molecule has 0 aliphatic heterocycles. The quantitative estimate of drug-likeness (QED) is 0.709. The fraction of sp³-hybridized carbons (Fsp3) is 0.143. The van der Waals surface area contributed by atoms with Gasteiger partial charge in [-0.05, 0) is 0 Å². The van der Waals surface area contributed by atoms with Gasteiger partial charge in [0.2, 0.25) is 0 Å². The zero-order valence-electron chi connectivity index (χ0n) is 6.24. The van der Waals surface area contributed by atoms with Crippen LogP contribution < -0.4 is 4.74 Å². The summed E-state index contributed by atoms with van der Waals surface area (Å²) in [6.45, 7) is 0. The average Bonchev–Trinajstić information content (AvgIpc) is 2.44. The van der Waals surface area contributed by atoms with E-state index in [0.29, 0.717) is 4.47 Å². The third kappa shape index (κ3) is 1.13. The molecule has 0 radical (unpaired) electrons. The highest BCUT2D eigenvalue weighted by molar-refractivity contribution is 7.22. The van der Waals surface area contributed by atoms with Crippen molar-refractivity contribution in [2.24, 2.45) is 0 Å². The van der Waals surface area contributed by atoms with Gasteiger partial charge in [0.25, 0.3) is 0 Å². The monoisotopic (exact) mass is 200 g/mol. The predicted octanol–water partition coefficient (Wildman–Crippen LogP) is 2.35. The van der Waals surface area contributed by atoms with E-state index in [4.69, 9.17) is 16.3 Å². The highest BCUT2D eigenvalue weighted by atomic mass is 35.5. The van der Waals surface area contributed by atoms with Gasteiger partial charge in [-0.3, -0.25) is 4.98 Å². The maximum absolute atomic E-state index is 5.74. The maximum atomic E-state index is 5.74. The zero-order chi connectivity index (χ0) is 8.55. The summed E-state index contributed by atoms with van der Waals surface area (Å²) in [7, 11) is 1.60. The first-order chi connectivity index (χ1) is 5.81. The van der Waals surface area contributed by atoms with Crippen LogP contribution in [-0.4, -0.2) is 17.1 Å². The highest BCUT2D eigenvalue weighted by Gasteiger charge is 2.06. The number of aromatic nitrogens is 2. The van der Waals surface area contributed by atoms with Gasteiger partial charge < -0.3 is 4.74 Å². The summed E-state index contributed by atoms with van der Waals surface area (Å²) >= 11 is 7.13. The SMILES string of the molecule is COc1cncc2nc(Cl)sc12. The Balaban J connectivity index is 2.78. The van der Waals surface area contributed by atoms with Crippen LogP contribution in [0.1, 0.15) is 0 Å². The summed E-state index contributed by atoms with van der Waals surface area (Å²) < 4.78 is 6.54. The van der Waals surface area contributed by atoms with Gasteiger partial charge in [-0.25, -0.2) is 4.98 Å². The van der Waals surface area contributed by atoms with Gasteiger partial charge in [0, 0.05) is 0 Å². The number of rotatable bonds is 1. The molecule has 0 saturated heterocycles. The second-order valence-electron chi connectivity index (χ2n) is 2.16. The molecule has 0 N–H and O–H groups in total. The van der Waals surface area contributed by atoms with E-state index in [2.05, 4.69) is 9.97 Å². The van der Waals surface area contributed by atoms with Gasteiger partial charge in [-0.1, -0.05) is 22.9 Å². The Morgan fingerprint density at radius 3 is 3.08 bits per heavy atom. The molecular formula is C7H5ClN2OS. The standard InChI is InChI=1S/C7H5ClN2OS/c1-11-5-3-9-2-4-6(5)12-7(8)10-4/h2-3H,1H3. The van der Waals surface area contributed by atoms with Crippen molar-refractivity contribution in [1.29, 1.82) is 0 Å². The van der Waals surface area contributed by atoms with E-state index in [-0.39, 0.29) is 0 Å². The van der Waals surface area contributed by atoms with Gasteiger partial charge >= 0.3 is 0 Å². The number of pyridine rings is 1. The third-order valence-electron chi connectivity index (χ3n) is 1.46. The molecule has 0 atom stereocenters. The molecule has 2 aromatic heterocycles. The fourth-order valence-corrected chi connectivity index (χ4v) is 2.02. The van der Waals surface area contributed by atoms with Crippen molar-refractivity contribution in [3.63, 3.8) is 0 Å². The Kier molecular flexibility index (Phi) is 1.86. The fourth-order valence-electron chi connectivity index (χ4n) is 0.948. The number of methoxy groups -OCH3 is 1. The minimum absolute atomic E-state index is 0.510. The maximum Gasteiger partial charge on any atom is 0.184 e. The van der Waals surface area contributed by atoms with Crippen LogP contribution in [0.25, 0.3) is 10.2 Å². The molecule has 0 bridgehead atoms. The van der Waals surface area contributed by atoms with Gasteiger partial charge in [-0.2, -0.15) is 0 Å². The lowest BCUT2D eigenvalue weighted by atomic mass is 10.4. The van der Waals surface area contributed by atoms with Gasteiger partial charge in [0.1, 0.15) is 10.2 Å². The summed E-state index contributed by atoms with van der Waals surface area (Å²) in [5.41, 5.74) is 0.782. The molecule has 12 heavy (non-hydrogen) atoms. The lowest BCUT2D eigenvalue weighted by molar-refractivity contribution is 0.418. The summed E-state index contributed by atoms with van der Waals surface area (Å²) in [6, 6.07) is 0. The van der Waals surface area contributed by atoms with E-state index >= 15 is 0 Å². The number of nitrogens with zero attached hydrogens (tertiary/aromatic N) is 2. The van der Waals surface area contributed by atoms with E-state index in [1.807, 2.05) is 0 Å². The molecule has 0 spiro atoms. The molecule has 0 aromatic carbocycles. The third-order valence-corrected chi connectivity index (χ3v) is 2.65. The first-order valence-electron chi connectivity index (χ1n) is 3.25. The second-order valence-corrected chi connectivity index (χ2v) is 3.74. The Labute approximate surface area is 78.0 Å². The van der Waals surface area contributed by atoms with Crippen LogP contribution in [0.3, 0.4) is 0 Å². The van der Waals surface area contributed by atoms with Gasteiger partial charge in [0.15, 0.2) is 10.2 Å². The summed E-state index contributed by atoms with van der Waals surface area (Å²) in [5.74, 6) is 0.719. The van der Waals surface area contributed by atoms with Crippen LogP contribution in [0.2, 0.25) is 4.47 Å². The van der Waals surface area contributed by atoms with Crippen molar-refractivity contribution in [3.8, 4) is 5.75 Å². The Hall–Kier alpha value is -0.870. The van der Waals surface area contributed by atoms with Crippen molar-refractivity contribution < 1.29 is 4.74 Å². The van der Waals surface area contributed by atoms with Gasteiger partial charge in [-0.15, -0.1) is 0 Å². The molecule has 0 fully saturated rings. The topological polar surface area (TPSA) is 35.0 Å². The zero-order valence-corrected chi connectivity index (χ0v) is 7.82. The predicted molar refractivity (Wildman–Crippen MR) is 49.0 cm³/mol. The Bertz CT molecular complexity index is 415. The lowest BCUT2D eigenvalue weighted by Gasteiger charge is -1.96. The van der Waals surface area contributed by atoms with Gasteiger partial charge in [0.05, 0.1) is 19.5 Å². The smallest absolute Gasteiger partial charge is 0.184 e. The Morgan fingerprint density at radius 1 is 1.50 bits per heavy atom. The molecule has 5 heteroatoms. The average molecular weight is 201 g/mol. The molecular weight excluding hydrogens is 196 g/mol. The van der Waals surface area contributed by atoms with Crippen molar-refractivity contribution in [2.45, 2.75) is 0 Å². The molecule has 2 aromatic rings. The van der Waals surface area contributed by atoms with E-state index in [1.165, 1.54) is 11.3 Å². The summed E-state index contributed by atoms with van der Waals surface area (Å²) in [6.07, 6.45) is 3.32. The molecule has 62 valence electrons. The first kappa shape index (κ1) is 7.76. The minimum Gasteiger partial charge on any atom is -0.494 e. The van der Waals surface area contributed by atoms with E-state index in [9.17, 15) is 0 Å². The van der Waals surface area contributed by atoms with Crippen molar-refractivity contribution in [2.75, 3.05) is 7.11 Å². The van der Waals surface area contributed by atoms with Crippen molar-refractivity contribution in [1.82, 2.24) is 9.97 Å². The first-order valence-corrected chi connectivity index (χ1v) is 4.45. The summed E-state index contributed by atoms with van der Waals surface area (Å²) in [4.78, 5) is 8.02. The molecule has 2 heterocycles. The highest BCUT2D eigenvalue weighted by Crippen LogP contribution is 2.31. The van der Waals surface area contributed by atoms with Crippen LogP contribution >= 0.6 is 22.9 Å². The van der Waals surface area contributed by atoms with Crippen LogP contribution in [0, 0.1) is 0 Å². The molecule has 0 amide bonds. The molecule has 3 nitrogen and oxygen atoms in total. The molecule has 0 aliphatic rings. The molecule has 0 unspecified atom stereocenters. The van der Waals surface area contributed by atoms with E-state index in [0.717, 1.165) is 16.0 Å². The molecule has 0 saturated carbocycles. The second kappa shape index (κ2) is 2.88. The van der Waals surface area contributed by atoms with Crippen molar-refractivity contribution >= 4 is 33.2 Å². The number of fused-ring (bicyclic) bond motifs is 1. The number of hydrogen-bond donors (Lipinski definition) is 0. The molecule has 0 aliphatic carbocycles. The van der Waals surface area contributed by atoms with Crippen LogP contribution in [0.15, 0.2) is 12.4 Å². The van der Waals surface area contributed by atoms with Crippen LogP contribution in [-0.2, 0) is 0 Å². The largest absolute Gasteiger partial charge is 0.494 e. The molecule has 2 rings (SSSR count). The van der Waals surface area contributed by atoms with E-state index < -0.39 is 0 Å². The number of ether oxygens (including phenoxy) is 1. The Morgan fingerprint density at radius 2 is 2.33 bits per heavy atom. The van der Waals surface area contributed by atoms with Crippen LogP contribution in [0.4, 0.5) is 0 Å². The normalized spacial score (nSPS) is 10.5. The number of halogens is 1. The summed E-state index contributed by atoms with van der Waals surface area (Å²) in [5, 5.41) is 0. The number of hydrogen-bond acceptors (Lipinski definition) is 4. The van der Waals surface area contributed by atoms with Crippen molar-refractivity contribution in [3.05, 3.63) is 16.9 Å². The van der Waals surface area contributed by atoms with Crippen LogP contribution in [0.5, 0.6) is 5.75 Å². The minimum atomic E-state index is 0.510. The van der Waals surface area contributed by atoms with E-state index in [1.54, 1.807) is 19.5 Å².